The van der Waals surface area contributed by atoms with Crippen molar-refractivity contribution in [2.75, 3.05) is 18.2 Å². The average molecular weight is 573 g/mol. The van der Waals surface area contributed by atoms with Gasteiger partial charge in [0, 0.05) is 46.4 Å². The highest BCUT2D eigenvalue weighted by Crippen LogP contribution is 2.36. The van der Waals surface area contributed by atoms with Gasteiger partial charge >= 0.3 is 5.97 Å². The van der Waals surface area contributed by atoms with Gasteiger partial charge in [-0.25, -0.2) is 9.18 Å². The maximum Gasteiger partial charge on any atom is 0.338 e. The SMILES string of the molecule is COC(=O)c1cc(N)c(C(=O)C[C@@H]2N[C@@H](C(=O)Nc3cccc(Cl)c3)[C@@H](c3cccc(Cl)c3F)[C@@H]2N)cc1C. The van der Waals surface area contributed by atoms with Crippen LogP contribution in [0.5, 0.6) is 0 Å². The Balaban J connectivity index is 1.64. The number of ether oxygens (including phenoxy) is 1. The predicted octanol–water partition coefficient (Wildman–Crippen LogP) is 4.47. The second-order valence-corrected chi connectivity index (χ2v) is 10.2. The van der Waals surface area contributed by atoms with E-state index in [0.717, 1.165) is 0 Å². The van der Waals surface area contributed by atoms with Crippen LogP contribution in [0.15, 0.2) is 54.6 Å². The molecule has 1 heterocycles. The van der Waals surface area contributed by atoms with Crippen molar-refractivity contribution in [3.05, 3.63) is 92.7 Å². The molecule has 0 aromatic heterocycles. The van der Waals surface area contributed by atoms with Gasteiger partial charge in [0.1, 0.15) is 5.82 Å². The summed E-state index contributed by atoms with van der Waals surface area (Å²) in [5.41, 5.74) is 14.3. The van der Waals surface area contributed by atoms with Gasteiger partial charge < -0.3 is 26.8 Å². The van der Waals surface area contributed by atoms with Gasteiger partial charge in [0.2, 0.25) is 5.91 Å². The number of carbonyl (C=O) groups excluding carboxylic acids is 3. The zero-order valence-corrected chi connectivity index (χ0v) is 22.6. The molecule has 0 spiro atoms. The minimum Gasteiger partial charge on any atom is -0.465 e. The number of nitrogen functional groups attached to an aromatic ring is 1. The molecule has 1 aliphatic heterocycles. The number of aryl methyl sites for hydroxylation is 1. The van der Waals surface area contributed by atoms with Crippen LogP contribution in [-0.2, 0) is 9.53 Å². The molecule has 1 fully saturated rings. The number of halogens is 3. The van der Waals surface area contributed by atoms with Crippen LogP contribution in [0.25, 0.3) is 0 Å². The number of nitrogens with two attached hydrogens (primary N) is 2. The highest BCUT2D eigenvalue weighted by atomic mass is 35.5. The molecule has 1 saturated heterocycles. The zero-order chi connectivity index (χ0) is 28.4. The number of Topliss-reactive ketones (excluding diaryl/α,β-unsaturated/α-hetero) is 1. The number of carbonyl (C=O) groups is 3. The lowest BCUT2D eigenvalue weighted by Gasteiger charge is -2.23. The molecule has 1 amide bonds. The maximum absolute atomic E-state index is 15.1. The van der Waals surface area contributed by atoms with Gasteiger partial charge in [0.15, 0.2) is 5.78 Å². The first-order valence-electron chi connectivity index (χ1n) is 12.1. The summed E-state index contributed by atoms with van der Waals surface area (Å²) in [5, 5.41) is 6.22. The van der Waals surface area contributed by atoms with E-state index >= 15 is 4.39 Å². The summed E-state index contributed by atoms with van der Waals surface area (Å²) >= 11 is 12.1. The second kappa shape index (κ2) is 11.7. The van der Waals surface area contributed by atoms with Crippen molar-refractivity contribution in [1.82, 2.24) is 5.32 Å². The van der Waals surface area contributed by atoms with E-state index in [9.17, 15) is 14.4 Å². The summed E-state index contributed by atoms with van der Waals surface area (Å²) in [6.07, 6.45) is -0.137. The molecule has 0 aliphatic carbocycles. The summed E-state index contributed by atoms with van der Waals surface area (Å²) in [6.45, 7) is 1.66. The van der Waals surface area contributed by atoms with Crippen LogP contribution in [0, 0.1) is 12.7 Å². The van der Waals surface area contributed by atoms with Gasteiger partial charge in [0.25, 0.3) is 0 Å². The predicted molar refractivity (Wildman–Crippen MR) is 149 cm³/mol. The molecule has 11 heteroatoms. The molecule has 204 valence electrons. The summed E-state index contributed by atoms with van der Waals surface area (Å²) in [5.74, 6) is -2.95. The van der Waals surface area contributed by atoms with Crippen molar-refractivity contribution in [1.29, 1.82) is 0 Å². The van der Waals surface area contributed by atoms with Crippen LogP contribution in [0.3, 0.4) is 0 Å². The van der Waals surface area contributed by atoms with Crippen LogP contribution in [0.1, 0.15) is 44.2 Å². The number of benzene rings is 3. The number of methoxy groups -OCH3 is 1. The van der Waals surface area contributed by atoms with Crippen LogP contribution >= 0.6 is 23.2 Å². The Bertz CT molecular complexity index is 1450. The lowest BCUT2D eigenvalue weighted by molar-refractivity contribution is -0.118. The molecule has 1 aliphatic rings. The first-order chi connectivity index (χ1) is 18.5. The Hall–Kier alpha value is -3.50. The van der Waals surface area contributed by atoms with Crippen LogP contribution in [-0.4, -0.2) is 42.9 Å². The van der Waals surface area contributed by atoms with Gasteiger partial charge in [-0.2, -0.15) is 0 Å². The van der Waals surface area contributed by atoms with Crippen molar-refractivity contribution >= 4 is 52.2 Å². The van der Waals surface area contributed by atoms with E-state index in [2.05, 4.69) is 10.6 Å². The molecule has 0 radical (unpaired) electrons. The van der Waals surface area contributed by atoms with E-state index < -0.39 is 41.7 Å². The number of nitrogens with one attached hydrogen (secondary N) is 2. The number of anilines is 2. The van der Waals surface area contributed by atoms with Crippen LogP contribution in [0.4, 0.5) is 15.8 Å². The molecular formula is C28H27Cl2FN4O4. The maximum atomic E-state index is 15.1. The minimum atomic E-state index is -0.995. The van der Waals surface area contributed by atoms with E-state index in [1.807, 2.05) is 0 Å². The van der Waals surface area contributed by atoms with E-state index in [1.54, 1.807) is 37.3 Å². The first kappa shape index (κ1) is 28.5. The lowest BCUT2D eigenvalue weighted by atomic mass is 9.85. The van der Waals surface area contributed by atoms with Gasteiger partial charge in [-0.1, -0.05) is 41.4 Å². The van der Waals surface area contributed by atoms with E-state index in [1.165, 1.54) is 31.4 Å². The fourth-order valence-electron chi connectivity index (χ4n) is 4.91. The molecule has 8 nitrogen and oxygen atoms in total. The summed E-state index contributed by atoms with van der Waals surface area (Å²) in [7, 11) is 1.25. The van der Waals surface area contributed by atoms with Crippen molar-refractivity contribution in [3.63, 3.8) is 0 Å². The minimum absolute atomic E-state index is 0.102. The Kier molecular flexibility index (Phi) is 8.56. The van der Waals surface area contributed by atoms with Crippen molar-refractivity contribution in [2.45, 2.75) is 37.4 Å². The fourth-order valence-corrected chi connectivity index (χ4v) is 5.28. The Morgan fingerprint density at radius 1 is 1.08 bits per heavy atom. The van der Waals surface area contributed by atoms with E-state index in [4.69, 9.17) is 39.4 Å². The standard InChI is InChI=1S/C28H27Cl2FN4O4/c1-13-9-18(20(32)11-17(13)28(38)39-2)22(36)12-21-25(33)23(16-7-4-8-19(30)24(16)31)26(35-21)27(37)34-15-6-3-5-14(29)10-15/h3-11,21,23,25-26,35H,12,32-33H2,1-2H3,(H,34,37)/t21-,23-,25+,26+/m0/s1. The Morgan fingerprint density at radius 2 is 1.79 bits per heavy atom. The lowest BCUT2D eigenvalue weighted by Crippen LogP contribution is -2.42. The summed E-state index contributed by atoms with van der Waals surface area (Å²) < 4.78 is 19.9. The average Bonchev–Trinajstić information content (AvgIpc) is 3.21. The smallest absolute Gasteiger partial charge is 0.338 e. The second-order valence-electron chi connectivity index (χ2n) is 9.37. The first-order valence-corrected chi connectivity index (χ1v) is 12.8. The Morgan fingerprint density at radius 3 is 2.49 bits per heavy atom. The van der Waals surface area contributed by atoms with Gasteiger partial charge in [0.05, 0.1) is 23.7 Å². The monoisotopic (exact) mass is 572 g/mol. The molecule has 0 bridgehead atoms. The number of hydrogen-bond acceptors (Lipinski definition) is 7. The number of esters is 1. The van der Waals surface area contributed by atoms with Crippen molar-refractivity contribution < 1.29 is 23.5 Å². The van der Waals surface area contributed by atoms with Gasteiger partial charge in [-0.15, -0.1) is 0 Å². The van der Waals surface area contributed by atoms with E-state index in [-0.39, 0.29) is 39.6 Å². The largest absolute Gasteiger partial charge is 0.465 e. The highest BCUT2D eigenvalue weighted by molar-refractivity contribution is 6.31. The number of amides is 1. The zero-order valence-electron chi connectivity index (χ0n) is 21.1. The number of ketones is 1. The number of rotatable bonds is 7. The van der Waals surface area contributed by atoms with Crippen LogP contribution in [0.2, 0.25) is 10.0 Å². The third kappa shape index (κ3) is 5.91. The quantitative estimate of drug-likeness (QED) is 0.186. The molecule has 39 heavy (non-hydrogen) atoms. The van der Waals surface area contributed by atoms with Crippen molar-refractivity contribution in [2.24, 2.45) is 5.73 Å². The third-order valence-corrected chi connectivity index (χ3v) is 7.38. The molecule has 6 N–H and O–H groups in total. The molecule has 4 rings (SSSR count). The highest BCUT2D eigenvalue weighted by Gasteiger charge is 2.47. The number of hydrogen-bond donors (Lipinski definition) is 4. The topological polar surface area (TPSA) is 137 Å². The fraction of sp³-hybridized carbons (Fsp3) is 0.250. The molecule has 3 aromatic rings. The molecule has 0 saturated carbocycles. The van der Waals surface area contributed by atoms with Gasteiger partial charge in [-0.05, 0) is 54.4 Å². The van der Waals surface area contributed by atoms with Crippen LogP contribution < -0.4 is 22.1 Å². The van der Waals surface area contributed by atoms with Crippen molar-refractivity contribution in [3.8, 4) is 0 Å². The summed E-state index contributed by atoms with van der Waals surface area (Å²) in [4.78, 5) is 38.7. The van der Waals surface area contributed by atoms with Gasteiger partial charge in [-0.3, -0.25) is 9.59 Å². The molecule has 3 aromatic carbocycles. The molecular weight excluding hydrogens is 546 g/mol. The summed E-state index contributed by atoms with van der Waals surface area (Å²) in [6, 6.07) is 11.4. The molecule has 4 atom stereocenters. The third-order valence-electron chi connectivity index (χ3n) is 6.85. The normalized spacial score (nSPS) is 20.5. The van der Waals surface area contributed by atoms with E-state index in [0.29, 0.717) is 16.3 Å². The Labute approximate surface area is 234 Å². The molecule has 0 unspecified atom stereocenters.